The van der Waals surface area contributed by atoms with Crippen molar-refractivity contribution in [3.63, 3.8) is 0 Å². The maximum atomic E-state index is 12.2. The van der Waals surface area contributed by atoms with Gasteiger partial charge >= 0.3 is 0 Å². The van der Waals surface area contributed by atoms with Crippen LogP contribution in [0.1, 0.15) is 42.0 Å². The van der Waals surface area contributed by atoms with E-state index in [4.69, 9.17) is 5.84 Å². The smallest absolute Gasteiger partial charge is 0.285 e. The number of hydrogen-bond donors (Lipinski definition) is 3. The Hall–Kier alpha value is -2.40. The Morgan fingerprint density at radius 2 is 2.13 bits per heavy atom. The summed E-state index contributed by atoms with van der Waals surface area (Å²) in [6, 6.07) is 8.14. The lowest BCUT2D eigenvalue weighted by Gasteiger charge is -2.31. The number of nitrogens with one attached hydrogen (secondary N) is 2. The Morgan fingerprint density at radius 3 is 2.91 bits per heavy atom. The highest BCUT2D eigenvalue weighted by Gasteiger charge is 2.30. The van der Waals surface area contributed by atoms with Crippen LogP contribution in [0.2, 0.25) is 0 Å². The number of nitrogens with two attached hydrogens (primary N) is 1. The molecule has 1 aliphatic rings. The average molecular weight is 308 g/mol. The molecule has 2 heterocycles. The summed E-state index contributed by atoms with van der Waals surface area (Å²) >= 11 is 0. The third-order valence-corrected chi connectivity index (χ3v) is 4.88. The summed E-state index contributed by atoms with van der Waals surface area (Å²) < 4.78 is 0. The topological polar surface area (TPSA) is 83.8 Å². The Bertz CT molecular complexity index is 939. The first-order chi connectivity index (χ1) is 11.0. The standard InChI is InChI=1S/C18H20N4O/c1-18(2)8-7-11-13(9-18)21-16(17(23)22-19)15-14(11)10-5-3-4-6-12(10)20-15/h3-6,20H,7-9,19H2,1-2H3,(H,22,23). The summed E-state index contributed by atoms with van der Waals surface area (Å²) in [5.41, 5.74) is 6.91. The van der Waals surface area contributed by atoms with Gasteiger partial charge in [0.2, 0.25) is 0 Å². The van der Waals surface area contributed by atoms with Crippen LogP contribution in [0.3, 0.4) is 0 Å². The number of hydrazine groups is 1. The predicted molar refractivity (Wildman–Crippen MR) is 91.1 cm³/mol. The lowest BCUT2D eigenvalue weighted by atomic mass is 9.75. The Balaban J connectivity index is 2.12. The van der Waals surface area contributed by atoms with Crippen molar-refractivity contribution in [2.75, 3.05) is 0 Å². The zero-order chi connectivity index (χ0) is 16.2. The molecule has 1 aliphatic carbocycles. The van der Waals surface area contributed by atoms with Crippen molar-refractivity contribution in [1.82, 2.24) is 15.4 Å². The van der Waals surface area contributed by atoms with Crippen molar-refractivity contribution < 1.29 is 4.79 Å². The van der Waals surface area contributed by atoms with Crippen molar-refractivity contribution in [1.29, 1.82) is 0 Å². The molecule has 23 heavy (non-hydrogen) atoms. The van der Waals surface area contributed by atoms with E-state index >= 15 is 0 Å². The van der Waals surface area contributed by atoms with Gasteiger partial charge in [-0.3, -0.25) is 10.2 Å². The minimum Gasteiger partial charge on any atom is -0.353 e. The molecule has 0 saturated heterocycles. The molecule has 0 radical (unpaired) electrons. The van der Waals surface area contributed by atoms with Crippen molar-refractivity contribution in [2.45, 2.75) is 33.1 Å². The number of aromatic amines is 1. The molecule has 0 fully saturated rings. The van der Waals surface area contributed by atoms with Gasteiger partial charge in [-0.25, -0.2) is 10.8 Å². The summed E-state index contributed by atoms with van der Waals surface area (Å²) in [5, 5.41) is 2.27. The van der Waals surface area contributed by atoms with E-state index in [1.807, 2.05) is 18.2 Å². The number of aryl methyl sites for hydroxylation is 1. The number of H-pyrrole nitrogens is 1. The molecule has 1 aromatic carbocycles. The van der Waals surface area contributed by atoms with E-state index < -0.39 is 0 Å². The molecule has 4 rings (SSSR count). The van der Waals surface area contributed by atoms with Crippen molar-refractivity contribution in [3.8, 4) is 0 Å². The SMILES string of the molecule is CC1(C)CCc2c(nc(C(=O)NN)c3[nH]c4ccccc4c23)C1. The van der Waals surface area contributed by atoms with E-state index in [0.29, 0.717) is 5.69 Å². The second kappa shape index (κ2) is 4.80. The molecule has 0 spiro atoms. The highest BCUT2D eigenvalue weighted by atomic mass is 16.2. The summed E-state index contributed by atoms with van der Waals surface area (Å²) in [5.74, 6) is 5.01. The molecule has 0 bridgehead atoms. The first kappa shape index (κ1) is 14.2. The normalized spacial score (nSPS) is 16.5. The largest absolute Gasteiger partial charge is 0.353 e. The number of aromatic nitrogens is 2. The number of rotatable bonds is 1. The van der Waals surface area contributed by atoms with Crippen LogP contribution in [0, 0.1) is 5.41 Å². The monoisotopic (exact) mass is 308 g/mol. The van der Waals surface area contributed by atoms with Gasteiger partial charge in [0.1, 0.15) is 0 Å². The van der Waals surface area contributed by atoms with Gasteiger partial charge in [0.05, 0.1) is 5.52 Å². The van der Waals surface area contributed by atoms with Gasteiger partial charge in [-0.05, 0) is 36.3 Å². The van der Waals surface area contributed by atoms with Crippen LogP contribution in [0.4, 0.5) is 0 Å². The van der Waals surface area contributed by atoms with Crippen LogP contribution >= 0.6 is 0 Å². The van der Waals surface area contributed by atoms with Crippen LogP contribution in [0.25, 0.3) is 21.8 Å². The van der Waals surface area contributed by atoms with Crippen LogP contribution in [-0.4, -0.2) is 15.9 Å². The quantitative estimate of drug-likeness (QED) is 0.367. The number of fused-ring (bicyclic) bond motifs is 5. The average Bonchev–Trinajstić information content (AvgIpc) is 2.91. The number of carbonyl (C=O) groups excluding carboxylic acids is 1. The van der Waals surface area contributed by atoms with Gasteiger partial charge in [0.25, 0.3) is 5.91 Å². The van der Waals surface area contributed by atoms with E-state index in [0.717, 1.165) is 46.8 Å². The molecule has 118 valence electrons. The zero-order valence-electron chi connectivity index (χ0n) is 13.4. The van der Waals surface area contributed by atoms with Crippen molar-refractivity contribution >= 4 is 27.7 Å². The molecule has 2 aromatic heterocycles. The van der Waals surface area contributed by atoms with Gasteiger partial charge < -0.3 is 4.98 Å². The van der Waals surface area contributed by atoms with Crippen LogP contribution < -0.4 is 11.3 Å². The Labute approximate surface area is 134 Å². The van der Waals surface area contributed by atoms with Gasteiger partial charge in [-0.2, -0.15) is 0 Å². The minimum atomic E-state index is -0.354. The molecular weight excluding hydrogens is 288 g/mol. The van der Waals surface area contributed by atoms with Crippen molar-refractivity contribution in [2.24, 2.45) is 11.3 Å². The van der Waals surface area contributed by atoms with Gasteiger partial charge in [-0.15, -0.1) is 0 Å². The maximum absolute atomic E-state index is 12.2. The van der Waals surface area contributed by atoms with Gasteiger partial charge in [0, 0.05) is 22.0 Å². The lowest BCUT2D eigenvalue weighted by Crippen LogP contribution is -2.32. The van der Waals surface area contributed by atoms with E-state index in [2.05, 4.69) is 35.3 Å². The summed E-state index contributed by atoms with van der Waals surface area (Å²) in [6.07, 6.45) is 2.99. The summed E-state index contributed by atoms with van der Waals surface area (Å²) in [6.45, 7) is 4.50. The fourth-order valence-corrected chi connectivity index (χ4v) is 3.69. The Morgan fingerprint density at radius 1 is 1.35 bits per heavy atom. The maximum Gasteiger partial charge on any atom is 0.285 e. The van der Waals surface area contributed by atoms with Crippen LogP contribution in [0.15, 0.2) is 24.3 Å². The lowest BCUT2D eigenvalue weighted by molar-refractivity contribution is 0.0949. The number of nitrogens with zero attached hydrogens (tertiary/aromatic N) is 1. The number of hydrogen-bond acceptors (Lipinski definition) is 3. The van der Waals surface area contributed by atoms with E-state index in [-0.39, 0.29) is 11.3 Å². The second-order valence-corrected chi connectivity index (χ2v) is 7.12. The first-order valence-electron chi connectivity index (χ1n) is 7.93. The number of carbonyl (C=O) groups is 1. The molecule has 3 aromatic rings. The van der Waals surface area contributed by atoms with Gasteiger partial charge in [-0.1, -0.05) is 32.0 Å². The predicted octanol–water partition coefficient (Wildman–Crippen LogP) is 2.83. The number of amides is 1. The highest BCUT2D eigenvalue weighted by Crippen LogP contribution is 2.40. The number of para-hydroxylation sites is 1. The number of benzene rings is 1. The molecule has 0 unspecified atom stereocenters. The molecular formula is C18H20N4O. The third kappa shape index (κ3) is 2.11. The van der Waals surface area contributed by atoms with Crippen molar-refractivity contribution in [3.05, 3.63) is 41.2 Å². The zero-order valence-corrected chi connectivity index (χ0v) is 13.4. The van der Waals surface area contributed by atoms with Gasteiger partial charge in [0.15, 0.2) is 5.69 Å². The number of nitrogen functional groups attached to an aromatic ring is 1. The number of pyridine rings is 1. The minimum absolute atomic E-state index is 0.205. The first-order valence-corrected chi connectivity index (χ1v) is 7.93. The fraction of sp³-hybridized carbons (Fsp3) is 0.333. The molecule has 0 saturated carbocycles. The fourth-order valence-electron chi connectivity index (χ4n) is 3.69. The summed E-state index contributed by atoms with van der Waals surface area (Å²) in [4.78, 5) is 20.3. The Kier molecular flexibility index (Phi) is 2.96. The van der Waals surface area contributed by atoms with Crippen LogP contribution in [0.5, 0.6) is 0 Å². The second-order valence-electron chi connectivity index (χ2n) is 7.12. The molecule has 1 amide bonds. The van der Waals surface area contributed by atoms with Crippen LogP contribution in [-0.2, 0) is 12.8 Å². The third-order valence-electron chi connectivity index (χ3n) is 4.88. The molecule has 4 N–H and O–H groups in total. The molecule has 5 nitrogen and oxygen atoms in total. The highest BCUT2D eigenvalue weighted by molar-refractivity contribution is 6.15. The van der Waals surface area contributed by atoms with E-state index in [9.17, 15) is 4.79 Å². The van der Waals surface area contributed by atoms with E-state index in [1.54, 1.807) is 0 Å². The molecule has 5 heteroatoms. The summed E-state index contributed by atoms with van der Waals surface area (Å²) in [7, 11) is 0. The molecule has 0 atom stereocenters. The van der Waals surface area contributed by atoms with E-state index in [1.165, 1.54) is 5.56 Å². The molecule has 0 aliphatic heterocycles.